The highest BCUT2D eigenvalue weighted by Gasteiger charge is 2.18. The summed E-state index contributed by atoms with van der Waals surface area (Å²) in [7, 11) is 3.13. The molecule has 1 atom stereocenters. The van der Waals surface area contributed by atoms with Crippen molar-refractivity contribution in [2.75, 3.05) is 14.2 Å². The number of nitrogens with zero attached hydrogens (tertiary/aromatic N) is 2. The van der Waals surface area contributed by atoms with Gasteiger partial charge in [-0.3, -0.25) is 4.79 Å². The SMILES string of the molecule is CCc1nccn1CC(NC)C(=O)OC. The number of carbonyl (C=O) groups is 1. The summed E-state index contributed by atoms with van der Waals surface area (Å²) in [5.41, 5.74) is 0. The molecule has 1 aromatic rings. The fourth-order valence-corrected chi connectivity index (χ4v) is 1.44. The summed E-state index contributed by atoms with van der Waals surface area (Å²) < 4.78 is 6.65. The number of methoxy groups -OCH3 is 1. The molecule has 84 valence electrons. The number of imidazole rings is 1. The average molecular weight is 211 g/mol. The van der Waals surface area contributed by atoms with Gasteiger partial charge in [0.15, 0.2) is 0 Å². The smallest absolute Gasteiger partial charge is 0.324 e. The molecule has 0 saturated heterocycles. The molecule has 1 aromatic heterocycles. The molecule has 1 N–H and O–H groups in total. The van der Waals surface area contributed by atoms with E-state index in [1.165, 1.54) is 7.11 Å². The first-order valence-corrected chi connectivity index (χ1v) is 4.98. The van der Waals surface area contributed by atoms with Crippen LogP contribution < -0.4 is 5.32 Å². The average Bonchev–Trinajstić information content (AvgIpc) is 2.71. The number of likely N-dealkylation sites (N-methyl/N-ethyl adjacent to an activating group) is 1. The lowest BCUT2D eigenvalue weighted by atomic mass is 10.3. The van der Waals surface area contributed by atoms with Crippen LogP contribution in [-0.4, -0.2) is 35.7 Å². The first kappa shape index (κ1) is 11.7. The molecule has 1 heterocycles. The van der Waals surface area contributed by atoms with Crippen molar-refractivity contribution in [2.24, 2.45) is 0 Å². The molecule has 0 aliphatic rings. The van der Waals surface area contributed by atoms with Gasteiger partial charge < -0.3 is 14.6 Å². The van der Waals surface area contributed by atoms with Crippen molar-refractivity contribution in [3.63, 3.8) is 0 Å². The summed E-state index contributed by atoms with van der Waals surface area (Å²) in [6.07, 6.45) is 4.46. The molecule has 0 aliphatic heterocycles. The van der Waals surface area contributed by atoms with E-state index in [1.807, 2.05) is 17.7 Å². The van der Waals surface area contributed by atoms with E-state index in [0.717, 1.165) is 12.2 Å². The van der Waals surface area contributed by atoms with Gasteiger partial charge in [-0.2, -0.15) is 0 Å². The van der Waals surface area contributed by atoms with Crippen molar-refractivity contribution in [2.45, 2.75) is 25.9 Å². The molecular weight excluding hydrogens is 194 g/mol. The Bertz CT molecular complexity index is 322. The largest absolute Gasteiger partial charge is 0.468 e. The third-order valence-electron chi connectivity index (χ3n) is 2.33. The molecule has 15 heavy (non-hydrogen) atoms. The minimum Gasteiger partial charge on any atom is -0.468 e. The molecule has 0 aromatic carbocycles. The summed E-state index contributed by atoms with van der Waals surface area (Å²) >= 11 is 0. The number of hydrogen-bond acceptors (Lipinski definition) is 4. The van der Waals surface area contributed by atoms with Crippen LogP contribution in [0.25, 0.3) is 0 Å². The predicted octanol–water partition coefficient (Wildman–Crippen LogP) is 0.206. The topological polar surface area (TPSA) is 56.2 Å². The Kier molecular flexibility index (Phi) is 4.30. The fraction of sp³-hybridized carbons (Fsp3) is 0.600. The second-order valence-corrected chi connectivity index (χ2v) is 3.21. The van der Waals surface area contributed by atoms with Gasteiger partial charge in [-0.15, -0.1) is 0 Å². The third-order valence-corrected chi connectivity index (χ3v) is 2.33. The molecular formula is C10H17N3O2. The number of aromatic nitrogens is 2. The van der Waals surface area contributed by atoms with Gasteiger partial charge >= 0.3 is 5.97 Å². The second-order valence-electron chi connectivity index (χ2n) is 3.21. The van der Waals surface area contributed by atoms with Gasteiger partial charge in [0.2, 0.25) is 0 Å². The molecule has 1 unspecified atom stereocenters. The van der Waals surface area contributed by atoms with Crippen LogP contribution in [0.15, 0.2) is 12.4 Å². The van der Waals surface area contributed by atoms with E-state index in [2.05, 4.69) is 10.3 Å². The fourth-order valence-electron chi connectivity index (χ4n) is 1.44. The first-order valence-electron chi connectivity index (χ1n) is 4.98. The summed E-state index contributed by atoms with van der Waals surface area (Å²) in [6, 6.07) is -0.325. The molecule has 1 rings (SSSR count). The Balaban J connectivity index is 2.70. The number of esters is 1. The number of aryl methyl sites for hydroxylation is 1. The summed E-state index contributed by atoms with van der Waals surface area (Å²) in [4.78, 5) is 15.5. The minimum atomic E-state index is -0.325. The van der Waals surface area contributed by atoms with Crippen molar-refractivity contribution in [1.29, 1.82) is 0 Å². The van der Waals surface area contributed by atoms with Crippen LogP contribution in [-0.2, 0) is 22.5 Å². The van der Waals surface area contributed by atoms with Gasteiger partial charge in [0.05, 0.1) is 7.11 Å². The van der Waals surface area contributed by atoms with Crippen LogP contribution in [0.4, 0.5) is 0 Å². The normalized spacial score (nSPS) is 12.5. The van der Waals surface area contributed by atoms with Gasteiger partial charge in [-0.25, -0.2) is 4.98 Å². The molecule has 0 spiro atoms. The quantitative estimate of drug-likeness (QED) is 0.707. The highest BCUT2D eigenvalue weighted by Crippen LogP contribution is 2.01. The summed E-state index contributed by atoms with van der Waals surface area (Å²) in [6.45, 7) is 2.58. The van der Waals surface area contributed by atoms with Gasteiger partial charge in [0.25, 0.3) is 0 Å². The number of hydrogen-bond donors (Lipinski definition) is 1. The zero-order valence-corrected chi connectivity index (χ0v) is 9.36. The summed E-state index contributed by atoms with van der Waals surface area (Å²) in [5, 5.41) is 2.92. The highest BCUT2D eigenvalue weighted by molar-refractivity contribution is 5.75. The third kappa shape index (κ3) is 2.79. The molecule has 0 amide bonds. The molecule has 0 radical (unpaired) electrons. The second kappa shape index (κ2) is 5.50. The molecule has 5 nitrogen and oxygen atoms in total. The molecule has 0 bridgehead atoms. The Labute approximate surface area is 89.4 Å². The van der Waals surface area contributed by atoms with Crippen molar-refractivity contribution >= 4 is 5.97 Å². The monoisotopic (exact) mass is 211 g/mol. The van der Waals surface area contributed by atoms with Gasteiger partial charge in [-0.1, -0.05) is 6.92 Å². The molecule has 0 fully saturated rings. The Morgan fingerprint density at radius 1 is 1.73 bits per heavy atom. The van der Waals surface area contributed by atoms with Crippen molar-refractivity contribution < 1.29 is 9.53 Å². The lowest BCUT2D eigenvalue weighted by molar-refractivity contribution is -0.143. The van der Waals surface area contributed by atoms with E-state index in [-0.39, 0.29) is 12.0 Å². The lowest BCUT2D eigenvalue weighted by Gasteiger charge is -2.15. The van der Waals surface area contributed by atoms with Crippen molar-refractivity contribution in [3.05, 3.63) is 18.2 Å². The predicted molar refractivity (Wildman–Crippen MR) is 56.5 cm³/mol. The van der Waals surface area contributed by atoms with Crippen LogP contribution >= 0.6 is 0 Å². The van der Waals surface area contributed by atoms with Gasteiger partial charge in [-0.05, 0) is 7.05 Å². The minimum absolute atomic E-state index is 0.256. The number of rotatable bonds is 5. The Morgan fingerprint density at radius 3 is 3.00 bits per heavy atom. The van der Waals surface area contributed by atoms with Crippen LogP contribution in [0.1, 0.15) is 12.7 Å². The number of ether oxygens (including phenoxy) is 1. The van der Waals surface area contributed by atoms with Crippen LogP contribution in [0.3, 0.4) is 0 Å². The van der Waals surface area contributed by atoms with Gasteiger partial charge in [0, 0.05) is 25.4 Å². The van der Waals surface area contributed by atoms with E-state index in [0.29, 0.717) is 6.54 Å². The van der Waals surface area contributed by atoms with Crippen LogP contribution in [0.5, 0.6) is 0 Å². The van der Waals surface area contributed by atoms with E-state index in [9.17, 15) is 4.79 Å². The number of nitrogens with one attached hydrogen (secondary N) is 1. The zero-order valence-electron chi connectivity index (χ0n) is 9.36. The maximum atomic E-state index is 11.4. The number of carbonyl (C=O) groups excluding carboxylic acids is 1. The Hall–Kier alpha value is -1.36. The van der Waals surface area contributed by atoms with E-state index < -0.39 is 0 Å². The standard InChI is InChI=1S/C10H17N3O2/c1-4-9-12-5-6-13(9)7-8(11-2)10(14)15-3/h5-6,8,11H,4,7H2,1-3H3. The van der Waals surface area contributed by atoms with Gasteiger partial charge in [0.1, 0.15) is 11.9 Å². The van der Waals surface area contributed by atoms with Crippen LogP contribution in [0, 0.1) is 0 Å². The maximum Gasteiger partial charge on any atom is 0.324 e. The maximum absolute atomic E-state index is 11.4. The Morgan fingerprint density at radius 2 is 2.47 bits per heavy atom. The zero-order chi connectivity index (χ0) is 11.3. The lowest BCUT2D eigenvalue weighted by Crippen LogP contribution is -2.39. The molecule has 5 heteroatoms. The van der Waals surface area contributed by atoms with E-state index in [4.69, 9.17) is 4.74 Å². The first-order chi connectivity index (χ1) is 7.22. The van der Waals surface area contributed by atoms with Crippen molar-refractivity contribution in [1.82, 2.24) is 14.9 Å². The molecule has 0 saturated carbocycles. The van der Waals surface area contributed by atoms with Crippen molar-refractivity contribution in [3.8, 4) is 0 Å². The highest BCUT2D eigenvalue weighted by atomic mass is 16.5. The van der Waals surface area contributed by atoms with E-state index in [1.54, 1.807) is 13.2 Å². The molecule has 0 aliphatic carbocycles. The summed E-state index contributed by atoms with van der Waals surface area (Å²) in [5.74, 6) is 0.715. The van der Waals surface area contributed by atoms with Crippen LogP contribution in [0.2, 0.25) is 0 Å². The van der Waals surface area contributed by atoms with E-state index >= 15 is 0 Å².